The molecule has 2 aromatic rings. The van der Waals surface area contributed by atoms with Crippen molar-refractivity contribution in [3.8, 4) is 0 Å². The molecule has 154 valence electrons. The first kappa shape index (κ1) is 19.9. The first-order chi connectivity index (χ1) is 14.6. The number of rotatable bonds is 5. The first-order valence-electron chi connectivity index (χ1n) is 10.3. The normalized spacial score (nSPS) is 18.5. The summed E-state index contributed by atoms with van der Waals surface area (Å²) in [6.07, 6.45) is 3.85. The number of nitro groups is 1. The van der Waals surface area contributed by atoms with Gasteiger partial charge in [-0.2, -0.15) is 0 Å². The summed E-state index contributed by atoms with van der Waals surface area (Å²) < 4.78 is 5.45. The number of nitro benzene ring substituents is 1. The van der Waals surface area contributed by atoms with Gasteiger partial charge in [-0.15, -0.1) is 0 Å². The number of ether oxygens (including phenoxy) is 1. The molecule has 1 N–H and O–H groups in total. The van der Waals surface area contributed by atoms with Crippen LogP contribution in [-0.2, 0) is 9.53 Å². The number of carbonyl (C=O) groups is 1. The molecule has 4 rings (SSSR count). The smallest absolute Gasteiger partial charge is 0.337 e. The van der Waals surface area contributed by atoms with E-state index in [9.17, 15) is 14.9 Å². The molecule has 0 spiro atoms. The van der Waals surface area contributed by atoms with E-state index in [1.165, 1.54) is 6.07 Å². The maximum atomic E-state index is 13.2. The Labute approximate surface area is 175 Å². The lowest BCUT2D eigenvalue weighted by atomic mass is 9.75. The first-order valence-corrected chi connectivity index (χ1v) is 10.3. The maximum Gasteiger partial charge on any atom is 0.337 e. The Kier molecular flexibility index (Phi) is 5.65. The van der Waals surface area contributed by atoms with Gasteiger partial charge in [-0.25, -0.2) is 4.79 Å². The van der Waals surface area contributed by atoms with Gasteiger partial charge in [0.15, 0.2) is 0 Å². The van der Waals surface area contributed by atoms with Gasteiger partial charge in [0.2, 0.25) is 0 Å². The minimum Gasteiger partial charge on any atom is -0.463 e. The van der Waals surface area contributed by atoms with Crippen molar-refractivity contribution in [2.24, 2.45) is 0 Å². The Morgan fingerprint density at radius 3 is 2.63 bits per heavy atom. The fourth-order valence-corrected chi connectivity index (χ4v) is 4.37. The summed E-state index contributed by atoms with van der Waals surface area (Å²) in [4.78, 5) is 24.2. The Morgan fingerprint density at radius 1 is 1.13 bits per heavy atom. The van der Waals surface area contributed by atoms with Crippen molar-refractivity contribution < 1.29 is 14.5 Å². The van der Waals surface area contributed by atoms with Crippen molar-refractivity contribution >= 4 is 17.4 Å². The lowest BCUT2D eigenvalue weighted by molar-refractivity contribution is -0.384. The van der Waals surface area contributed by atoms with E-state index >= 15 is 0 Å². The standard InChI is InChI=1S/C24H24N2O4/c1-2-30-24(27)22-21(17-11-8-12-18(15-17)26(28)29)19-13-6-7-14-20(19)25-23(22)16-9-4-3-5-10-16/h3-5,8-12,15,21,25H,2,6-7,13-14H2,1H3. The monoisotopic (exact) mass is 404 g/mol. The fourth-order valence-electron chi connectivity index (χ4n) is 4.37. The molecule has 1 unspecified atom stereocenters. The Balaban J connectivity index is 1.95. The highest BCUT2D eigenvalue weighted by Crippen LogP contribution is 2.46. The van der Waals surface area contributed by atoms with Crippen molar-refractivity contribution in [2.45, 2.75) is 38.5 Å². The summed E-state index contributed by atoms with van der Waals surface area (Å²) in [5, 5.41) is 14.9. The zero-order valence-electron chi connectivity index (χ0n) is 16.9. The highest BCUT2D eigenvalue weighted by atomic mass is 16.6. The number of dihydropyridines is 1. The lowest BCUT2D eigenvalue weighted by Gasteiger charge is -2.36. The third-order valence-electron chi connectivity index (χ3n) is 5.67. The number of hydrogen-bond acceptors (Lipinski definition) is 5. The number of esters is 1. The molecule has 30 heavy (non-hydrogen) atoms. The molecule has 1 aliphatic carbocycles. The van der Waals surface area contributed by atoms with E-state index in [1.54, 1.807) is 19.1 Å². The van der Waals surface area contributed by atoms with Gasteiger partial charge in [-0.3, -0.25) is 10.1 Å². The lowest BCUT2D eigenvalue weighted by Crippen LogP contribution is -2.31. The largest absolute Gasteiger partial charge is 0.463 e. The van der Waals surface area contributed by atoms with Crippen LogP contribution in [0.15, 0.2) is 71.4 Å². The van der Waals surface area contributed by atoms with Gasteiger partial charge in [-0.1, -0.05) is 42.5 Å². The van der Waals surface area contributed by atoms with E-state index in [0.29, 0.717) is 5.57 Å². The molecule has 0 saturated heterocycles. The molecular formula is C24H24N2O4. The molecule has 2 aromatic carbocycles. The van der Waals surface area contributed by atoms with Crippen LogP contribution in [0, 0.1) is 10.1 Å². The second kappa shape index (κ2) is 8.53. The number of non-ortho nitro benzene ring substituents is 1. The number of allylic oxidation sites excluding steroid dienone is 2. The van der Waals surface area contributed by atoms with E-state index in [0.717, 1.165) is 53.8 Å². The molecule has 2 aliphatic rings. The molecule has 1 aliphatic heterocycles. The molecule has 0 bridgehead atoms. The molecule has 6 heteroatoms. The van der Waals surface area contributed by atoms with E-state index in [-0.39, 0.29) is 18.2 Å². The quantitative estimate of drug-likeness (QED) is 0.427. The highest BCUT2D eigenvalue weighted by Gasteiger charge is 2.37. The topological polar surface area (TPSA) is 81.5 Å². The van der Waals surface area contributed by atoms with Crippen molar-refractivity contribution in [1.29, 1.82) is 0 Å². The van der Waals surface area contributed by atoms with Gasteiger partial charge in [0.25, 0.3) is 5.69 Å². The van der Waals surface area contributed by atoms with Gasteiger partial charge >= 0.3 is 5.97 Å². The van der Waals surface area contributed by atoms with E-state index in [1.807, 2.05) is 36.4 Å². The minimum absolute atomic E-state index is 0.0217. The molecule has 1 atom stereocenters. The van der Waals surface area contributed by atoms with Crippen LogP contribution in [0.3, 0.4) is 0 Å². The highest BCUT2D eigenvalue weighted by molar-refractivity contribution is 6.01. The Morgan fingerprint density at radius 2 is 1.90 bits per heavy atom. The third-order valence-corrected chi connectivity index (χ3v) is 5.67. The van der Waals surface area contributed by atoms with Gasteiger partial charge in [0, 0.05) is 23.7 Å². The molecule has 0 amide bonds. The zero-order valence-corrected chi connectivity index (χ0v) is 16.9. The van der Waals surface area contributed by atoms with Crippen molar-refractivity contribution in [2.75, 3.05) is 6.61 Å². The molecule has 0 saturated carbocycles. The zero-order chi connectivity index (χ0) is 21.1. The van der Waals surface area contributed by atoms with Crippen LogP contribution in [0.4, 0.5) is 5.69 Å². The van der Waals surface area contributed by atoms with Crippen LogP contribution in [0.1, 0.15) is 49.7 Å². The molecule has 0 fully saturated rings. The van der Waals surface area contributed by atoms with Crippen molar-refractivity contribution in [3.05, 3.63) is 92.7 Å². The summed E-state index contributed by atoms with van der Waals surface area (Å²) in [5.41, 5.74) is 5.16. The maximum absolute atomic E-state index is 13.2. The summed E-state index contributed by atoms with van der Waals surface area (Å²) >= 11 is 0. The summed E-state index contributed by atoms with van der Waals surface area (Å²) in [7, 11) is 0. The molecule has 6 nitrogen and oxygen atoms in total. The van der Waals surface area contributed by atoms with Crippen LogP contribution in [0.2, 0.25) is 0 Å². The average Bonchev–Trinajstić information content (AvgIpc) is 2.78. The average molecular weight is 404 g/mol. The summed E-state index contributed by atoms with van der Waals surface area (Å²) in [5.74, 6) is -0.756. The predicted molar refractivity (Wildman–Crippen MR) is 114 cm³/mol. The second-order valence-corrected chi connectivity index (χ2v) is 7.50. The van der Waals surface area contributed by atoms with Crippen LogP contribution >= 0.6 is 0 Å². The van der Waals surface area contributed by atoms with Gasteiger partial charge < -0.3 is 10.1 Å². The third kappa shape index (κ3) is 3.73. The van der Waals surface area contributed by atoms with E-state index in [4.69, 9.17) is 4.74 Å². The molecule has 0 aromatic heterocycles. The molecule has 1 heterocycles. The van der Waals surface area contributed by atoms with Crippen LogP contribution in [-0.4, -0.2) is 17.5 Å². The molecule has 0 radical (unpaired) electrons. The minimum atomic E-state index is -0.396. The van der Waals surface area contributed by atoms with Crippen LogP contribution in [0.5, 0.6) is 0 Å². The van der Waals surface area contributed by atoms with Crippen LogP contribution < -0.4 is 5.32 Å². The van der Waals surface area contributed by atoms with Crippen molar-refractivity contribution in [3.63, 3.8) is 0 Å². The van der Waals surface area contributed by atoms with E-state index < -0.39 is 10.9 Å². The fraction of sp³-hybridized carbons (Fsp3) is 0.292. The van der Waals surface area contributed by atoms with Gasteiger partial charge in [0.1, 0.15) is 0 Å². The van der Waals surface area contributed by atoms with Crippen LogP contribution in [0.25, 0.3) is 5.70 Å². The number of nitrogens with zero attached hydrogens (tertiary/aromatic N) is 1. The Bertz CT molecular complexity index is 1040. The van der Waals surface area contributed by atoms with Crippen molar-refractivity contribution in [1.82, 2.24) is 5.32 Å². The summed E-state index contributed by atoms with van der Waals surface area (Å²) in [6, 6.07) is 16.3. The second-order valence-electron chi connectivity index (χ2n) is 7.50. The predicted octanol–water partition coefficient (Wildman–Crippen LogP) is 5.08. The molecular weight excluding hydrogens is 380 g/mol. The Hall–Kier alpha value is -3.41. The van der Waals surface area contributed by atoms with Gasteiger partial charge in [0.05, 0.1) is 22.8 Å². The number of hydrogen-bond donors (Lipinski definition) is 1. The number of nitrogens with one attached hydrogen (secondary N) is 1. The number of benzene rings is 2. The van der Waals surface area contributed by atoms with Gasteiger partial charge in [-0.05, 0) is 49.3 Å². The summed E-state index contributed by atoms with van der Waals surface area (Å²) in [6.45, 7) is 2.04. The van der Waals surface area contributed by atoms with E-state index in [2.05, 4.69) is 5.32 Å². The number of carbonyl (C=O) groups excluding carboxylic acids is 1. The SMILES string of the molecule is CCOC(=O)C1=C(c2ccccc2)NC2=C(CCCC2)C1c1cccc([N+](=O)[O-])c1.